The highest BCUT2D eigenvalue weighted by molar-refractivity contribution is 5.40. The van der Waals surface area contributed by atoms with Gasteiger partial charge in [0.05, 0.1) is 0 Å². The third kappa shape index (κ3) is 7.98. The second kappa shape index (κ2) is 8.98. The maximum absolute atomic E-state index is 3.42. The van der Waals surface area contributed by atoms with Crippen molar-refractivity contribution in [2.24, 2.45) is 0 Å². The molecule has 12 heavy (non-hydrogen) atoms. The molecule has 0 aromatic carbocycles. The van der Waals surface area contributed by atoms with Crippen LogP contribution in [0.15, 0.2) is 12.7 Å². The normalized spacial score (nSPS) is 4.75. The second-order valence-electron chi connectivity index (χ2n) is 1.63. The average molecular weight is 152 g/mol. The Kier molecular flexibility index (Phi) is 7.47. The molecule has 0 saturated heterocycles. The molecule has 0 fully saturated rings. The van der Waals surface area contributed by atoms with Crippen LogP contribution in [0, 0.1) is 47.4 Å². The molecule has 0 aliphatic heterocycles. The molecule has 0 aliphatic carbocycles. The van der Waals surface area contributed by atoms with Crippen molar-refractivity contribution >= 4 is 0 Å². The van der Waals surface area contributed by atoms with E-state index in [0.717, 1.165) is 6.42 Å². The summed E-state index contributed by atoms with van der Waals surface area (Å²) in [6, 6.07) is 0. The molecule has 0 aromatic rings. The number of hydrogen-bond donors (Lipinski definition) is 0. The predicted octanol–water partition coefficient (Wildman–Crippen LogP) is 1.60. The van der Waals surface area contributed by atoms with Crippen LogP contribution in [-0.2, 0) is 0 Å². The monoisotopic (exact) mass is 152 g/mol. The Bertz CT molecular complexity index is 367. The molecular formula is C12H8. The molecule has 0 aromatic heterocycles. The van der Waals surface area contributed by atoms with E-state index in [2.05, 4.69) is 53.9 Å². The van der Waals surface area contributed by atoms with Gasteiger partial charge in [0, 0.05) is 6.42 Å². The van der Waals surface area contributed by atoms with Gasteiger partial charge in [0.2, 0.25) is 0 Å². The average Bonchev–Trinajstić information content (AvgIpc) is 2.10. The van der Waals surface area contributed by atoms with Crippen LogP contribution in [0.5, 0.6) is 0 Å². The van der Waals surface area contributed by atoms with E-state index in [-0.39, 0.29) is 0 Å². The molecule has 0 spiro atoms. The van der Waals surface area contributed by atoms with Gasteiger partial charge in [0.25, 0.3) is 0 Å². The molecule has 0 rings (SSSR count). The summed E-state index contributed by atoms with van der Waals surface area (Å²) in [5.74, 6) is 20.8. The van der Waals surface area contributed by atoms with Crippen LogP contribution in [-0.4, -0.2) is 0 Å². The first kappa shape index (κ1) is 9.98. The lowest BCUT2D eigenvalue weighted by atomic mass is 10.4. The van der Waals surface area contributed by atoms with Gasteiger partial charge >= 0.3 is 0 Å². The smallest absolute Gasteiger partial charge is 0.00704 e. The van der Waals surface area contributed by atoms with Gasteiger partial charge in [-0.1, -0.05) is 25.3 Å². The number of rotatable bonds is 0. The lowest BCUT2D eigenvalue weighted by Gasteiger charge is -1.60. The summed E-state index contributed by atoms with van der Waals surface area (Å²) in [6.07, 6.45) is 2.30. The van der Waals surface area contributed by atoms with Crippen molar-refractivity contribution in [1.29, 1.82) is 0 Å². The first-order valence-electron chi connectivity index (χ1n) is 3.51. The van der Waals surface area contributed by atoms with E-state index < -0.39 is 0 Å². The summed E-state index contributed by atoms with van der Waals surface area (Å²) in [5, 5.41) is 0. The van der Waals surface area contributed by atoms with Gasteiger partial charge < -0.3 is 0 Å². The Hall–Kier alpha value is -2.02. The zero-order valence-electron chi connectivity index (χ0n) is 6.99. The van der Waals surface area contributed by atoms with E-state index in [1.165, 1.54) is 6.08 Å². The third-order valence-electron chi connectivity index (χ3n) is 0.752. The van der Waals surface area contributed by atoms with Crippen molar-refractivity contribution in [3.8, 4) is 47.4 Å². The second-order valence-corrected chi connectivity index (χ2v) is 1.63. The number of hydrogen-bond acceptors (Lipinski definition) is 0. The van der Waals surface area contributed by atoms with Gasteiger partial charge in [0.15, 0.2) is 0 Å². The molecule has 0 N–H and O–H groups in total. The van der Waals surface area contributed by atoms with Gasteiger partial charge in [-0.15, -0.1) is 0 Å². The highest BCUT2D eigenvalue weighted by atomic mass is 13.6. The molecule has 0 heteroatoms. The van der Waals surface area contributed by atoms with Crippen LogP contribution in [0.4, 0.5) is 0 Å². The molecule has 0 heterocycles. The van der Waals surface area contributed by atoms with Crippen molar-refractivity contribution in [1.82, 2.24) is 0 Å². The molecule has 0 radical (unpaired) electrons. The molecule has 0 aliphatic rings. The SMILES string of the molecule is C=CC#CC#CC#CC#CCC. The standard InChI is InChI=1S/C12H8/c1-3-5-7-9-11-12-10-8-6-4-2/h3H,1,4H2,2H3. The Morgan fingerprint density at radius 1 is 1.00 bits per heavy atom. The molecule has 0 atom stereocenters. The predicted molar refractivity (Wildman–Crippen MR) is 51.6 cm³/mol. The van der Waals surface area contributed by atoms with E-state index in [4.69, 9.17) is 0 Å². The third-order valence-corrected chi connectivity index (χ3v) is 0.752. The van der Waals surface area contributed by atoms with Crippen molar-refractivity contribution in [2.75, 3.05) is 0 Å². The number of allylic oxidation sites excluding steroid dienone is 1. The first-order valence-corrected chi connectivity index (χ1v) is 3.51. The molecular weight excluding hydrogens is 144 g/mol. The van der Waals surface area contributed by atoms with Crippen molar-refractivity contribution in [3.05, 3.63) is 12.7 Å². The van der Waals surface area contributed by atoms with Crippen LogP contribution in [0.2, 0.25) is 0 Å². The topological polar surface area (TPSA) is 0 Å². The van der Waals surface area contributed by atoms with E-state index in [0.29, 0.717) is 0 Å². The van der Waals surface area contributed by atoms with Crippen molar-refractivity contribution in [3.63, 3.8) is 0 Å². The van der Waals surface area contributed by atoms with Crippen molar-refractivity contribution < 1.29 is 0 Å². The van der Waals surface area contributed by atoms with Gasteiger partial charge in [-0.25, -0.2) is 0 Å². The first-order chi connectivity index (χ1) is 5.91. The minimum atomic E-state index is 0.818. The Morgan fingerprint density at radius 2 is 1.58 bits per heavy atom. The fourth-order valence-electron chi connectivity index (χ4n) is 0.345. The highest BCUT2D eigenvalue weighted by Gasteiger charge is 1.56. The van der Waals surface area contributed by atoms with Crippen LogP contribution in [0.3, 0.4) is 0 Å². The molecule has 0 bridgehead atoms. The summed E-state index contributed by atoms with van der Waals surface area (Å²) in [5.41, 5.74) is 0. The zero-order valence-corrected chi connectivity index (χ0v) is 6.99. The van der Waals surface area contributed by atoms with Gasteiger partial charge in [-0.3, -0.25) is 0 Å². The van der Waals surface area contributed by atoms with Gasteiger partial charge in [-0.2, -0.15) is 0 Å². The largest absolute Gasteiger partial charge is 0.0906 e. The van der Waals surface area contributed by atoms with E-state index in [9.17, 15) is 0 Å². The summed E-state index contributed by atoms with van der Waals surface area (Å²) in [4.78, 5) is 0. The van der Waals surface area contributed by atoms with Crippen LogP contribution < -0.4 is 0 Å². The summed E-state index contributed by atoms with van der Waals surface area (Å²) < 4.78 is 0. The Morgan fingerprint density at radius 3 is 2.17 bits per heavy atom. The van der Waals surface area contributed by atoms with Crippen LogP contribution in [0.25, 0.3) is 0 Å². The van der Waals surface area contributed by atoms with E-state index in [1.807, 2.05) is 6.92 Å². The summed E-state index contributed by atoms with van der Waals surface area (Å²) >= 11 is 0. The van der Waals surface area contributed by atoms with Crippen LogP contribution >= 0.6 is 0 Å². The Balaban J connectivity index is 3.98. The minimum absolute atomic E-state index is 0.818. The van der Waals surface area contributed by atoms with Gasteiger partial charge in [0.1, 0.15) is 0 Å². The molecule has 56 valence electrons. The minimum Gasteiger partial charge on any atom is -0.0906 e. The molecule has 0 saturated carbocycles. The Labute approximate surface area is 74.1 Å². The maximum atomic E-state index is 3.42. The summed E-state index contributed by atoms with van der Waals surface area (Å²) in [7, 11) is 0. The lowest BCUT2D eigenvalue weighted by molar-refractivity contribution is 1.28. The molecule has 0 nitrogen and oxygen atoms in total. The van der Waals surface area contributed by atoms with Crippen LogP contribution in [0.1, 0.15) is 13.3 Å². The fourth-order valence-corrected chi connectivity index (χ4v) is 0.345. The van der Waals surface area contributed by atoms with E-state index in [1.54, 1.807) is 0 Å². The zero-order chi connectivity index (χ0) is 9.07. The van der Waals surface area contributed by atoms with Crippen molar-refractivity contribution in [2.45, 2.75) is 13.3 Å². The highest BCUT2D eigenvalue weighted by Crippen LogP contribution is 1.64. The molecule has 0 unspecified atom stereocenters. The lowest BCUT2D eigenvalue weighted by Crippen LogP contribution is -1.54. The van der Waals surface area contributed by atoms with Gasteiger partial charge in [-0.05, 0) is 41.6 Å². The fraction of sp³-hybridized carbons (Fsp3) is 0.167. The molecule has 0 amide bonds. The quantitative estimate of drug-likeness (QED) is 0.462. The summed E-state index contributed by atoms with van der Waals surface area (Å²) in [6.45, 7) is 5.39. The maximum Gasteiger partial charge on any atom is 0.00704 e. The van der Waals surface area contributed by atoms with E-state index >= 15 is 0 Å².